The van der Waals surface area contributed by atoms with E-state index < -0.39 is 0 Å². The average Bonchev–Trinajstić information content (AvgIpc) is 2.76. The van der Waals surface area contributed by atoms with Crippen molar-refractivity contribution in [2.75, 3.05) is 7.05 Å². The van der Waals surface area contributed by atoms with Crippen LogP contribution in [0.1, 0.15) is 31.4 Å². The third-order valence-corrected chi connectivity index (χ3v) is 5.35. The van der Waals surface area contributed by atoms with Gasteiger partial charge in [0, 0.05) is 0 Å². The van der Waals surface area contributed by atoms with Gasteiger partial charge < -0.3 is 10.1 Å². The zero-order valence-electron chi connectivity index (χ0n) is 9.30. The number of likely N-dealkylation sites (N-methyl/N-ethyl adjacent to an activating group) is 1. The number of ether oxygens (including phenoxy) is 1. The minimum atomic E-state index is 0.280. The quantitative estimate of drug-likeness (QED) is 0.867. The molecule has 1 aromatic heterocycles. The highest BCUT2D eigenvalue weighted by Crippen LogP contribution is 2.39. The normalized spacial score (nSPS) is 27.2. The van der Waals surface area contributed by atoms with Crippen LogP contribution in [0.15, 0.2) is 13.6 Å². The van der Waals surface area contributed by atoms with E-state index in [1.165, 1.54) is 9.35 Å². The first-order valence-corrected chi connectivity index (χ1v) is 7.79. The van der Waals surface area contributed by atoms with Gasteiger partial charge in [-0.25, -0.2) is 0 Å². The molecule has 1 saturated heterocycles. The van der Waals surface area contributed by atoms with Gasteiger partial charge in [-0.05, 0) is 70.3 Å². The predicted octanol–water partition coefficient (Wildman–Crippen LogP) is 4.10. The van der Waals surface area contributed by atoms with E-state index in [1.54, 1.807) is 11.3 Å². The fourth-order valence-electron chi connectivity index (χ4n) is 2.19. The Morgan fingerprint density at radius 2 is 2.25 bits per heavy atom. The summed E-state index contributed by atoms with van der Waals surface area (Å²) in [5.74, 6) is 0. The van der Waals surface area contributed by atoms with Crippen LogP contribution in [-0.2, 0) is 4.74 Å². The summed E-state index contributed by atoms with van der Waals surface area (Å²) in [6.45, 7) is 2.14. The maximum atomic E-state index is 5.94. The minimum Gasteiger partial charge on any atom is -0.373 e. The molecule has 1 fully saturated rings. The lowest BCUT2D eigenvalue weighted by molar-refractivity contribution is 0.0333. The largest absolute Gasteiger partial charge is 0.373 e. The molecule has 90 valence electrons. The molecule has 16 heavy (non-hydrogen) atoms. The highest BCUT2D eigenvalue weighted by Gasteiger charge is 2.31. The summed E-state index contributed by atoms with van der Waals surface area (Å²) in [6.07, 6.45) is 2.97. The average molecular weight is 369 g/mol. The number of nitrogens with one attached hydrogen (secondary N) is 1. The van der Waals surface area contributed by atoms with Crippen molar-refractivity contribution < 1.29 is 4.74 Å². The number of rotatable bonds is 3. The summed E-state index contributed by atoms with van der Waals surface area (Å²) in [6, 6.07) is 2.45. The van der Waals surface area contributed by atoms with Crippen molar-refractivity contribution in [3.05, 3.63) is 19.2 Å². The van der Waals surface area contributed by atoms with E-state index in [2.05, 4.69) is 50.2 Å². The predicted molar refractivity (Wildman–Crippen MR) is 75.1 cm³/mol. The van der Waals surface area contributed by atoms with Gasteiger partial charge in [-0.3, -0.25) is 0 Å². The molecule has 1 N–H and O–H groups in total. The molecular weight excluding hydrogens is 354 g/mol. The van der Waals surface area contributed by atoms with E-state index in [1.807, 2.05) is 7.05 Å². The molecule has 5 heteroatoms. The highest BCUT2D eigenvalue weighted by molar-refractivity contribution is 9.12. The summed E-state index contributed by atoms with van der Waals surface area (Å²) in [5, 5.41) is 3.37. The second kappa shape index (κ2) is 5.48. The second-order valence-corrected chi connectivity index (χ2v) is 7.86. The van der Waals surface area contributed by atoms with Crippen LogP contribution in [0.4, 0.5) is 0 Å². The van der Waals surface area contributed by atoms with E-state index >= 15 is 0 Å². The Morgan fingerprint density at radius 1 is 1.50 bits per heavy atom. The van der Waals surface area contributed by atoms with E-state index in [0.717, 1.165) is 16.6 Å². The fraction of sp³-hybridized carbons (Fsp3) is 0.636. The van der Waals surface area contributed by atoms with Gasteiger partial charge in [0.05, 0.1) is 25.8 Å². The summed E-state index contributed by atoms with van der Waals surface area (Å²) in [4.78, 5) is 0. The molecule has 0 amide bonds. The van der Waals surface area contributed by atoms with E-state index in [-0.39, 0.29) is 12.1 Å². The van der Waals surface area contributed by atoms with Crippen LogP contribution < -0.4 is 5.32 Å². The van der Waals surface area contributed by atoms with Crippen molar-refractivity contribution in [1.29, 1.82) is 0 Å². The molecule has 2 heterocycles. The molecule has 0 radical (unpaired) electrons. The van der Waals surface area contributed by atoms with E-state index in [0.29, 0.717) is 6.10 Å². The maximum absolute atomic E-state index is 5.94. The molecule has 1 aliphatic rings. The topological polar surface area (TPSA) is 21.3 Å². The summed E-state index contributed by atoms with van der Waals surface area (Å²) in [7, 11) is 2.00. The second-order valence-electron chi connectivity index (χ2n) is 4.11. The van der Waals surface area contributed by atoms with Crippen molar-refractivity contribution in [3.8, 4) is 0 Å². The summed E-state index contributed by atoms with van der Waals surface area (Å²) >= 11 is 8.84. The van der Waals surface area contributed by atoms with Crippen molar-refractivity contribution >= 4 is 43.2 Å². The zero-order valence-corrected chi connectivity index (χ0v) is 13.3. The molecule has 0 spiro atoms. The number of halogens is 2. The van der Waals surface area contributed by atoms with Crippen LogP contribution in [0.3, 0.4) is 0 Å². The first kappa shape index (κ1) is 13.0. The lowest BCUT2D eigenvalue weighted by Crippen LogP contribution is -2.29. The van der Waals surface area contributed by atoms with Crippen LogP contribution in [-0.4, -0.2) is 19.3 Å². The highest BCUT2D eigenvalue weighted by atomic mass is 79.9. The van der Waals surface area contributed by atoms with Gasteiger partial charge in [0.15, 0.2) is 0 Å². The maximum Gasteiger partial charge on any atom is 0.0774 e. The van der Waals surface area contributed by atoms with Crippen molar-refractivity contribution in [2.24, 2.45) is 0 Å². The van der Waals surface area contributed by atoms with Crippen LogP contribution in [0.5, 0.6) is 0 Å². The monoisotopic (exact) mass is 367 g/mol. The SMILES string of the molecule is CNC(c1cc(Br)sc1Br)C1CCC(C)O1. The zero-order chi connectivity index (χ0) is 11.7. The molecule has 0 aliphatic carbocycles. The van der Waals surface area contributed by atoms with Gasteiger partial charge in [-0.2, -0.15) is 0 Å². The van der Waals surface area contributed by atoms with Crippen LogP contribution in [0.2, 0.25) is 0 Å². The summed E-state index contributed by atoms with van der Waals surface area (Å²) < 4.78 is 8.27. The third-order valence-electron chi connectivity index (χ3n) is 2.97. The van der Waals surface area contributed by atoms with Crippen LogP contribution >= 0.6 is 43.2 Å². The molecule has 3 unspecified atom stereocenters. The molecular formula is C11H15Br2NOS. The molecule has 1 aliphatic heterocycles. The minimum absolute atomic E-state index is 0.280. The first-order valence-electron chi connectivity index (χ1n) is 5.39. The van der Waals surface area contributed by atoms with Crippen molar-refractivity contribution in [1.82, 2.24) is 5.32 Å². The fourth-order valence-corrected chi connectivity index (χ4v) is 5.11. The van der Waals surface area contributed by atoms with E-state index in [9.17, 15) is 0 Å². The number of hydrogen-bond acceptors (Lipinski definition) is 3. The Labute approximate surface area is 117 Å². The lowest BCUT2D eigenvalue weighted by Gasteiger charge is -2.23. The standard InChI is InChI=1S/C11H15Br2NOS/c1-6-3-4-8(15-6)10(14-2)7-5-9(12)16-11(7)13/h5-6,8,10,14H,3-4H2,1-2H3. The number of hydrogen-bond donors (Lipinski definition) is 1. The van der Waals surface area contributed by atoms with Gasteiger partial charge in [0.2, 0.25) is 0 Å². The smallest absolute Gasteiger partial charge is 0.0774 e. The molecule has 0 bridgehead atoms. The molecule has 2 nitrogen and oxygen atoms in total. The van der Waals surface area contributed by atoms with Crippen LogP contribution in [0, 0.1) is 0 Å². The number of thiophene rings is 1. The lowest BCUT2D eigenvalue weighted by atomic mass is 10.0. The van der Waals surface area contributed by atoms with Gasteiger partial charge >= 0.3 is 0 Å². The Morgan fingerprint density at radius 3 is 2.69 bits per heavy atom. The van der Waals surface area contributed by atoms with E-state index in [4.69, 9.17) is 4.74 Å². The van der Waals surface area contributed by atoms with Gasteiger partial charge in [-0.1, -0.05) is 0 Å². The van der Waals surface area contributed by atoms with Gasteiger partial charge in [0.25, 0.3) is 0 Å². The third kappa shape index (κ3) is 2.70. The summed E-state index contributed by atoms with van der Waals surface area (Å²) in [5.41, 5.74) is 1.29. The molecule has 1 aromatic rings. The van der Waals surface area contributed by atoms with Gasteiger partial charge in [-0.15, -0.1) is 11.3 Å². The van der Waals surface area contributed by atoms with Crippen molar-refractivity contribution in [3.63, 3.8) is 0 Å². The Kier molecular flexibility index (Phi) is 4.46. The Balaban J connectivity index is 2.19. The Hall–Kier alpha value is 0.580. The molecule has 0 saturated carbocycles. The molecule has 0 aromatic carbocycles. The van der Waals surface area contributed by atoms with Crippen molar-refractivity contribution in [2.45, 2.75) is 38.0 Å². The first-order chi connectivity index (χ1) is 7.61. The van der Waals surface area contributed by atoms with Crippen LogP contribution in [0.25, 0.3) is 0 Å². The molecule has 3 atom stereocenters. The Bertz CT molecular complexity index is 369. The van der Waals surface area contributed by atoms with Gasteiger partial charge in [0.1, 0.15) is 0 Å². The molecule has 2 rings (SSSR count).